The van der Waals surface area contributed by atoms with Crippen LogP contribution in [0.3, 0.4) is 0 Å². The summed E-state index contributed by atoms with van der Waals surface area (Å²) in [5.74, 6) is 0.204. The topological polar surface area (TPSA) is 60.0 Å². The van der Waals surface area contributed by atoms with Crippen LogP contribution >= 0.6 is 11.3 Å². The number of amides is 3. The van der Waals surface area contributed by atoms with Crippen LogP contribution in [0.4, 0.5) is 4.79 Å². The van der Waals surface area contributed by atoms with Crippen LogP contribution in [0.5, 0.6) is 0 Å². The highest BCUT2D eigenvalue weighted by Crippen LogP contribution is 2.35. The van der Waals surface area contributed by atoms with E-state index < -0.39 is 0 Å². The van der Waals surface area contributed by atoms with Gasteiger partial charge in [-0.25, -0.2) is 9.78 Å². The Morgan fingerprint density at radius 1 is 1.32 bits per heavy atom. The molecule has 2 saturated heterocycles. The minimum Gasteiger partial charge on any atom is -0.342 e. The van der Waals surface area contributed by atoms with Crippen molar-refractivity contribution >= 4 is 23.3 Å². The van der Waals surface area contributed by atoms with E-state index in [2.05, 4.69) is 9.88 Å². The summed E-state index contributed by atoms with van der Waals surface area (Å²) in [6, 6.07) is 0.0258. The molecule has 1 atom stereocenters. The molecule has 1 spiro atoms. The molecule has 0 N–H and O–H groups in total. The van der Waals surface area contributed by atoms with Crippen molar-refractivity contribution in [2.75, 3.05) is 53.4 Å². The fraction of sp³-hybridized carbons (Fsp3) is 0.706. The SMILES string of the molecule is CCN1CC2(CC1=O)CN(Cc1nccs1)CCN(C(=O)N(C)C)C2. The van der Waals surface area contributed by atoms with E-state index in [-0.39, 0.29) is 17.4 Å². The molecule has 25 heavy (non-hydrogen) atoms. The highest BCUT2D eigenvalue weighted by molar-refractivity contribution is 7.09. The van der Waals surface area contributed by atoms with Crippen LogP contribution in [-0.2, 0) is 11.3 Å². The molecular weight excluding hydrogens is 338 g/mol. The number of nitrogens with zero attached hydrogens (tertiary/aromatic N) is 5. The third kappa shape index (κ3) is 3.95. The Labute approximate surface area is 153 Å². The highest BCUT2D eigenvalue weighted by atomic mass is 32.1. The maximum Gasteiger partial charge on any atom is 0.319 e. The van der Waals surface area contributed by atoms with Crippen molar-refractivity contribution in [1.29, 1.82) is 0 Å². The summed E-state index contributed by atoms with van der Waals surface area (Å²) in [6.45, 7) is 7.22. The molecule has 0 bridgehead atoms. The fourth-order valence-electron chi connectivity index (χ4n) is 3.93. The molecule has 7 nitrogen and oxygen atoms in total. The summed E-state index contributed by atoms with van der Waals surface area (Å²) in [5, 5.41) is 3.07. The number of aromatic nitrogens is 1. The number of hydrogen-bond acceptors (Lipinski definition) is 5. The number of hydrogen-bond donors (Lipinski definition) is 0. The summed E-state index contributed by atoms with van der Waals surface area (Å²) in [7, 11) is 3.57. The Morgan fingerprint density at radius 3 is 2.72 bits per heavy atom. The second-order valence-electron chi connectivity index (χ2n) is 7.32. The van der Waals surface area contributed by atoms with Gasteiger partial charge in [-0.1, -0.05) is 0 Å². The molecular formula is C17H27N5O2S. The van der Waals surface area contributed by atoms with E-state index in [1.807, 2.05) is 28.3 Å². The van der Waals surface area contributed by atoms with Crippen molar-refractivity contribution < 1.29 is 9.59 Å². The summed E-state index contributed by atoms with van der Waals surface area (Å²) in [4.78, 5) is 37.2. The second-order valence-corrected chi connectivity index (χ2v) is 8.30. The zero-order valence-electron chi connectivity index (χ0n) is 15.3. The molecule has 2 fully saturated rings. The van der Waals surface area contributed by atoms with E-state index >= 15 is 0 Å². The Kier molecular flexibility index (Phi) is 5.29. The van der Waals surface area contributed by atoms with Gasteiger partial charge in [0.2, 0.25) is 5.91 Å². The van der Waals surface area contributed by atoms with Crippen LogP contribution in [0.1, 0.15) is 18.4 Å². The van der Waals surface area contributed by atoms with Crippen molar-refractivity contribution in [2.45, 2.75) is 19.9 Å². The van der Waals surface area contributed by atoms with Gasteiger partial charge in [0.05, 0.1) is 6.54 Å². The van der Waals surface area contributed by atoms with Crippen LogP contribution in [0.25, 0.3) is 0 Å². The van der Waals surface area contributed by atoms with E-state index in [9.17, 15) is 9.59 Å². The molecule has 3 amide bonds. The van der Waals surface area contributed by atoms with Crippen molar-refractivity contribution in [1.82, 2.24) is 24.6 Å². The van der Waals surface area contributed by atoms with Crippen LogP contribution in [-0.4, -0.2) is 89.9 Å². The average molecular weight is 366 g/mol. The van der Waals surface area contributed by atoms with Crippen LogP contribution in [0.15, 0.2) is 11.6 Å². The standard InChI is InChI=1S/C17H27N5O2S/c1-4-21-12-17(9-15(21)23)11-20(10-14-18-5-8-25-14)6-7-22(13-17)16(24)19(2)3/h5,8H,4,6-7,9-13H2,1-3H3. The van der Waals surface area contributed by atoms with Gasteiger partial charge in [0.25, 0.3) is 0 Å². The Balaban J connectivity index is 1.82. The first kappa shape index (κ1) is 18.1. The maximum absolute atomic E-state index is 12.6. The second kappa shape index (κ2) is 7.29. The molecule has 0 radical (unpaired) electrons. The number of thiazole rings is 1. The number of carbonyl (C=O) groups excluding carboxylic acids is 2. The normalized spacial score (nSPS) is 24.8. The van der Waals surface area contributed by atoms with Crippen LogP contribution < -0.4 is 0 Å². The van der Waals surface area contributed by atoms with Gasteiger partial charge in [0.1, 0.15) is 5.01 Å². The van der Waals surface area contributed by atoms with Crippen LogP contribution in [0.2, 0.25) is 0 Å². The molecule has 0 saturated carbocycles. The molecule has 1 unspecified atom stereocenters. The van der Waals surface area contributed by atoms with E-state index in [0.717, 1.165) is 37.7 Å². The zero-order chi connectivity index (χ0) is 18.0. The van der Waals surface area contributed by atoms with E-state index in [0.29, 0.717) is 19.5 Å². The lowest BCUT2D eigenvalue weighted by Crippen LogP contribution is -2.47. The van der Waals surface area contributed by atoms with E-state index in [1.54, 1.807) is 30.3 Å². The minimum atomic E-state index is -0.188. The predicted octanol–water partition coefficient (Wildman–Crippen LogP) is 1.18. The fourth-order valence-corrected chi connectivity index (χ4v) is 4.59. The quantitative estimate of drug-likeness (QED) is 0.807. The van der Waals surface area contributed by atoms with Gasteiger partial charge in [-0.2, -0.15) is 0 Å². The summed E-state index contributed by atoms with van der Waals surface area (Å²) in [5.41, 5.74) is -0.188. The van der Waals surface area contributed by atoms with Gasteiger partial charge in [0.15, 0.2) is 0 Å². The monoisotopic (exact) mass is 365 g/mol. The van der Waals surface area contributed by atoms with Gasteiger partial charge < -0.3 is 14.7 Å². The Morgan fingerprint density at radius 2 is 2.12 bits per heavy atom. The molecule has 3 rings (SSSR count). The summed E-state index contributed by atoms with van der Waals surface area (Å²) < 4.78 is 0. The molecule has 8 heteroatoms. The third-order valence-corrected chi connectivity index (χ3v) is 5.82. The van der Waals surface area contributed by atoms with Crippen molar-refractivity contribution in [3.8, 4) is 0 Å². The summed E-state index contributed by atoms with van der Waals surface area (Å²) >= 11 is 1.65. The first-order valence-corrected chi connectivity index (χ1v) is 9.65. The Bertz CT molecular complexity index is 621. The van der Waals surface area contributed by atoms with Crippen molar-refractivity contribution in [2.24, 2.45) is 5.41 Å². The zero-order valence-corrected chi connectivity index (χ0v) is 16.1. The average Bonchev–Trinajstić information content (AvgIpc) is 3.13. The number of rotatable bonds is 3. The first-order chi connectivity index (χ1) is 11.9. The van der Waals surface area contributed by atoms with Gasteiger partial charge in [-0.05, 0) is 6.92 Å². The van der Waals surface area contributed by atoms with Gasteiger partial charge in [0, 0.05) is 76.8 Å². The van der Waals surface area contributed by atoms with Crippen molar-refractivity contribution in [3.63, 3.8) is 0 Å². The molecule has 2 aliphatic heterocycles. The van der Waals surface area contributed by atoms with Crippen molar-refractivity contribution in [3.05, 3.63) is 16.6 Å². The van der Waals surface area contributed by atoms with Gasteiger partial charge >= 0.3 is 6.03 Å². The minimum absolute atomic E-state index is 0.0258. The Hall–Kier alpha value is -1.67. The van der Waals surface area contributed by atoms with E-state index in [1.165, 1.54) is 0 Å². The lowest BCUT2D eigenvalue weighted by atomic mass is 9.86. The van der Waals surface area contributed by atoms with E-state index in [4.69, 9.17) is 0 Å². The molecule has 3 heterocycles. The maximum atomic E-state index is 12.6. The molecule has 1 aromatic rings. The lowest BCUT2D eigenvalue weighted by molar-refractivity contribution is -0.127. The largest absolute Gasteiger partial charge is 0.342 e. The lowest BCUT2D eigenvalue weighted by Gasteiger charge is -2.34. The van der Waals surface area contributed by atoms with Gasteiger partial charge in [-0.15, -0.1) is 11.3 Å². The summed E-state index contributed by atoms with van der Waals surface area (Å²) in [6.07, 6.45) is 2.35. The van der Waals surface area contributed by atoms with Gasteiger partial charge in [-0.3, -0.25) is 9.69 Å². The molecule has 138 valence electrons. The predicted molar refractivity (Wildman–Crippen MR) is 97.4 cm³/mol. The highest BCUT2D eigenvalue weighted by Gasteiger charge is 2.47. The van der Waals surface area contributed by atoms with Crippen LogP contribution in [0, 0.1) is 5.41 Å². The number of likely N-dealkylation sites (tertiary alicyclic amines) is 1. The smallest absolute Gasteiger partial charge is 0.319 e. The molecule has 1 aromatic heterocycles. The number of carbonyl (C=O) groups is 2. The molecule has 0 aliphatic carbocycles. The number of urea groups is 1. The first-order valence-electron chi connectivity index (χ1n) is 8.77. The molecule has 2 aliphatic rings. The third-order valence-electron chi connectivity index (χ3n) is 5.05. The molecule has 0 aromatic carbocycles.